The number of Topliss-reactive ketones (excluding diaryl/α,β-unsaturated/α-hetero) is 1. The number of carbonyl (C=O) groups is 3. The van der Waals surface area contributed by atoms with E-state index < -0.39 is 23.3 Å². The number of ketones is 1. The topological polar surface area (TPSA) is 66.9 Å². The lowest BCUT2D eigenvalue weighted by molar-refractivity contribution is -0.168. The molecule has 2 heterocycles. The number of likely N-dealkylation sites (tertiary alicyclic amines) is 2. The van der Waals surface area contributed by atoms with Crippen molar-refractivity contribution in [2.45, 2.75) is 71.6 Å². The SMILES string of the molecule is CC(=O)C(C(C)C)N1CC2(CCCN2C(=O)OC(C)(C)C)C1=O. The molecule has 2 unspecified atom stereocenters. The molecular formula is C17H28N2O4. The Hall–Kier alpha value is -1.59. The Morgan fingerprint density at radius 3 is 2.30 bits per heavy atom. The molecule has 23 heavy (non-hydrogen) atoms. The molecule has 2 aliphatic heterocycles. The van der Waals surface area contributed by atoms with Gasteiger partial charge in [-0.3, -0.25) is 14.5 Å². The molecule has 0 bridgehead atoms. The number of nitrogens with zero attached hydrogens (tertiary/aromatic N) is 2. The van der Waals surface area contributed by atoms with Crippen molar-refractivity contribution in [3.05, 3.63) is 0 Å². The summed E-state index contributed by atoms with van der Waals surface area (Å²) in [6, 6.07) is -0.408. The molecule has 2 fully saturated rings. The highest BCUT2D eigenvalue weighted by Crippen LogP contribution is 2.41. The molecule has 6 nitrogen and oxygen atoms in total. The summed E-state index contributed by atoms with van der Waals surface area (Å²) in [5.41, 5.74) is -1.39. The van der Waals surface area contributed by atoms with Crippen LogP contribution in [-0.4, -0.2) is 57.9 Å². The molecule has 0 radical (unpaired) electrons. The summed E-state index contributed by atoms with van der Waals surface area (Å²) in [6.07, 6.45) is 0.988. The average Bonchev–Trinajstić information content (AvgIpc) is 2.81. The van der Waals surface area contributed by atoms with Gasteiger partial charge in [0.15, 0.2) is 5.78 Å². The predicted octanol–water partition coefficient (Wildman–Crippen LogP) is 2.21. The first-order chi connectivity index (χ1) is 10.5. The second-order valence-corrected chi connectivity index (χ2v) is 8.00. The van der Waals surface area contributed by atoms with E-state index in [1.54, 1.807) is 9.80 Å². The van der Waals surface area contributed by atoms with Crippen LogP contribution < -0.4 is 0 Å². The van der Waals surface area contributed by atoms with Gasteiger partial charge >= 0.3 is 6.09 Å². The maximum absolute atomic E-state index is 12.8. The van der Waals surface area contributed by atoms with Crippen LogP contribution in [0.3, 0.4) is 0 Å². The van der Waals surface area contributed by atoms with Gasteiger partial charge < -0.3 is 9.64 Å². The molecule has 0 aromatic heterocycles. The number of rotatable bonds is 3. The monoisotopic (exact) mass is 324 g/mol. The molecule has 2 aliphatic rings. The van der Waals surface area contributed by atoms with Crippen LogP contribution in [0.25, 0.3) is 0 Å². The van der Waals surface area contributed by atoms with E-state index in [-0.39, 0.29) is 17.6 Å². The van der Waals surface area contributed by atoms with Gasteiger partial charge in [-0.25, -0.2) is 4.79 Å². The number of ether oxygens (including phenoxy) is 1. The molecule has 0 saturated carbocycles. The lowest BCUT2D eigenvalue weighted by atomic mass is 9.82. The minimum absolute atomic E-state index is 0.00925. The maximum atomic E-state index is 12.8. The number of hydrogen-bond donors (Lipinski definition) is 0. The molecule has 0 aliphatic carbocycles. The highest BCUT2D eigenvalue weighted by molar-refractivity contribution is 5.99. The van der Waals surface area contributed by atoms with E-state index in [9.17, 15) is 14.4 Å². The second-order valence-electron chi connectivity index (χ2n) is 8.00. The Balaban J connectivity index is 2.16. The largest absolute Gasteiger partial charge is 0.444 e. The third kappa shape index (κ3) is 3.08. The fourth-order valence-electron chi connectivity index (χ4n) is 3.72. The zero-order valence-corrected chi connectivity index (χ0v) is 15.0. The van der Waals surface area contributed by atoms with Gasteiger partial charge in [-0.15, -0.1) is 0 Å². The molecule has 2 rings (SSSR count). The van der Waals surface area contributed by atoms with Crippen molar-refractivity contribution in [2.24, 2.45) is 5.92 Å². The van der Waals surface area contributed by atoms with Crippen LogP contribution in [0.4, 0.5) is 4.79 Å². The highest BCUT2D eigenvalue weighted by atomic mass is 16.6. The van der Waals surface area contributed by atoms with Crippen LogP contribution in [0, 0.1) is 5.92 Å². The van der Waals surface area contributed by atoms with E-state index >= 15 is 0 Å². The number of amides is 2. The van der Waals surface area contributed by atoms with Crippen molar-refractivity contribution in [3.8, 4) is 0 Å². The van der Waals surface area contributed by atoms with Crippen LogP contribution in [0.1, 0.15) is 54.4 Å². The van der Waals surface area contributed by atoms with Crippen LogP contribution in [0.2, 0.25) is 0 Å². The zero-order valence-electron chi connectivity index (χ0n) is 15.0. The summed E-state index contributed by atoms with van der Waals surface area (Å²) >= 11 is 0. The average molecular weight is 324 g/mol. The number of hydrogen-bond acceptors (Lipinski definition) is 4. The molecule has 1 spiro atoms. The van der Waals surface area contributed by atoms with E-state index in [4.69, 9.17) is 4.74 Å². The summed E-state index contributed by atoms with van der Waals surface area (Å²) in [6.45, 7) is 11.8. The van der Waals surface area contributed by atoms with E-state index in [2.05, 4.69) is 0 Å². The van der Waals surface area contributed by atoms with E-state index in [0.717, 1.165) is 6.42 Å². The van der Waals surface area contributed by atoms with E-state index in [1.165, 1.54) is 6.92 Å². The number of carbonyl (C=O) groups excluding carboxylic acids is 3. The van der Waals surface area contributed by atoms with Crippen molar-refractivity contribution < 1.29 is 19.1 Å². The predicted molar refractivity (Wildman–Crippen MR) is 85.9 cm³/mol. The molecule has 130 valence electrons. The fraction of sp³-hybridized carbons (Fsp3) is 0.824. The Kier molecular flexibility index (Phi) is 4.48. The maximum Gasteiger partial charge on any atom is 0.411 e. The Labute approximate surface area is 138 Å². The third-order valence-electron chi connectivity index (χ3n) is 4.58. The standard InChI is InChI=1S/C17H28N2O4/c1-11(2)13(12(3)20)18-10-17(14(18)21)8-7-9-19(17)15(22)23-16(4,5)6/h11,13H,7-10H2,1-6H3. The Morgan fingerprint density at radius 2 is 1.87 bits per heavy atom. The molecule has 2 saturated heterocycles. The van der Waals surface area contributed by atoms with Gasteiger partial charge in [-0.05, 0) is 46.5 Å². The molecular weight excluding hydrogens is 296 g/mol. The van der Waals surface area contributed by atoms with Gasteiger partial charge in [0.2, 0.25) is 0 Å². The molecule has 0 N–H and O–H groups in total. The highest BCUT2D eigenvalue weighted by Gasteiger charge is 2.62. The van der Waals surface area contributed by atoms with Crippen LogP contribution in [0.5, 0.6) is 0 Å². The minimum atomic E-state index is -0.801. The Morgan fingerprint density at radius 1 is 1.26 bits per heavy atom. The van der Waals surface area contributed by atoms with E-state index in [1.807, 2.05) is 34.6 Å². The van der Waals surface area contributed by atoms with Gasteiger partial charge in [0.05, 0.1) is 12.6 Å². The fourth-order valence-corrected chi connectivity index (χ4v) is 3.72. The first kappa shape index (κ1) is 17.8. The first-order valence-corrected chi connectivity index (χ1v) is 8.32. The van der Waals surface area contributed by atoms with Crippen molar-refractivity contribution in [1.29, 1.82) is 0 Å². The zero-order chi connectivity index (χ0) is 17.6. The van der Waals surface area contributed by atoms with Gasteiger partial charge in [0, 0.05) is 6.54 Å². The van der Waals surface area contributed by atoms with Gasteiger partial charge in [-0.1, -0.05) is 13.8 Å². The lowest BCUT2D eigenvalue weighted by Crippen LogP contribution is -2.76. The normalized spacial score (nSPS) is 25.8. The van der Waals surface area contributed by atoms with Crippen molar-refractivity contribution in [3.63, 3.8) is 0 Å². The third-order valence-corrected chi connectivity index (χ3v) is 4.58. The second kappa shape index (κ2) is 5.80. The lowest BCUT2D eigenvalue weighted by Gasteiger charge is -2.53. The van der Waals surface area contributed by atoms with Crippen molar-refractivity contribution >= 4 is 17.8 Å². The summed E-state index contributed by atoms with van der Waals surface area (Å²) in [4.78, 5) is 40.3. The molecule has 2 atom stereocenters. The molecule has 2 amide bonds. The van der Waals surface area contributed by atoms with Crippen molar-refractivity contribution in [1.82, 2.24) is 9.80 Å². The van der Waals surface area contributed by atoms with Crippen LogP contribution >= 0.6 is 0 Å². The van der Waals surface area contributed by atoms with Crippen LogP contribution in [0.15, 0.2) is 0 Å². The molecule has 6 heteroatoms. The smallest absolute Gasteiger partial charge is 0.411 e. The Bertz CT molecular complexity index is 523. The van der Waals surface area contributed by atoms with Gasteiger partial charge in [0.25, 0.3) is 5.91 Å². The minimum Gasteiger partial charge on any atom is -0.444 e. The summed E-state index contributed by atoms with van der Waals surface area (Å²) in [5, 5.41) is 0. The molecule has 0 aromatic rings. The van der Waals surface area contributed by atoms with E-state index in [0.29, 0.717) is 19.5 Å². The quantitative estimate of drug-likeness (QED) is 0.747. The summed E-state index contributed by atoms with van der Waals surface area (Å²) < 4.78 is 5.44. The first-order valence-electron chi connectivity index (χ1n) is 8.32. The van der Waals surface area contributed by atoms with Crippen LogP contribution in [-0.2, 0) is 14.3 Å². The van der Waals surface area contributed by atoms with Gasteiger partial charge in [-0.2, -0.15) is 0 Å². The summed E-state index contributed by atoms with van der Waals surface area (Å²) in [5.74, 6) is -0.0649. The van der Waals surface area contributed by atoms with Gasteiger partial charge in [0.1, 0.15) is 11.1 Å². The molecule has 0 aromatic carbocycles. The van der Waals surface area contributed by atoms with Crippen molar-refractivity contribution in [2.75, 3.05) is 13.1 Å². The summed E-state index contributed by atoms with van der Waals surface area (Å²) in [7, 11) is 0. The number of β-lactam (4-membered cyclic amide) rings is 1.